The lowest BCUT2D eigenvalue weighted by molar-refractivity contribution is -0.136. The van der Waals surface area contributed by atoms with E-state index in [-0.39, 0.29) is 30.1 Å². The van der Waals surface area contributed by atoms with Crippen molar-refractivity contribution >= 4 is 27.3 Å². The molecule has 2 aromatic rings. The van der Waals surface area contributed by atoms with Gasteiger partial charge in [-0.05, 0) is 36.1 Å². The van der Waals surface area contributed by atoms with E-state index in [9.17, 15) is 13.2 Å². The van der Waals surface area contributed by atoms with E-state index in [1.165, 1.54) is 5.56 Å². The zero-order valence-electron chi connectivity index (χ0n) is 15.8. The molecule has 1 aliphatic rings. The molecule has 0 spiro atoms. The van der Waals surface area contributed by atoms with Crippen LogP contribution in [0.25, 0.3) is 0 Å². The van der Waals surface area contributed by atoms with Gasteiger partial charge in [-0.1, -0.05) is 54.9 Å². The lowest BCUT2D eigenvalue weighted by atomic mass is 10.1. The molecule has 0 N–H and O–H groups in total. The zero-order chi connectivity index (χ0) is 20.1. The molecule has 7 heteroatoms. The second-order valence-corrected chi connectivity index (χ2v) is 9.60. The van der Waals surface area contributed by atoms with Gasteiger partial charge in [0.05, 0.1) is 16.5 Å². The first-order chi connectivity index (χ1) is 13.4. The average molecular weight is 422 g/mol. The van der Waals surface area contributed by atoms with Crippen LogP contribution in [-0.2, 0) is 27.6 Å². The molecule has 0 aliphatic carbocycles. The van der Waals surface area contributed by atoms with E-state index in [1.807, 2.05) is 24.3 Å². The predicted molar refractivity (Wildman–Crippen MR) is 110 cm³/mol. The summed E-state index contributed by atoms with van der Waals surface area (Å²) in [4.78, 5) is 14.5. The van der Waals surface area contributed by atoms with Crippen LogP contribution in [0, 0.1) is 0 Å². The van der Waals surface area contributed by atoms with Crippen molar-refractivity contribution in [2.45, 2.75) is 32.4 Å². The van der Waals surface area contributed by atoms with Gasteiger partial charge in [0.15, 0.2) is 16.4 Å². The Morgan fingerprint density at radius 3 is 2.43 bits per heavy atom. The minimum Gasteiger partial charge on any atom is -0.482 e. The average Bonchev–Trinajstić information content (AvgIpc) is 3.05. The Labute approximate surface area is 171 Å². The van der Waals surface area contributed by atoms with Crippen LogP contribution in [0.2, 0.25) is 5.02 Å². The summed E-state index contributed by atoms with van der Waals surface area (Å²) < 4.78 is 29.5. The molecule has 150 valence electrons. The van der Waals surface area contributed by atoms with E-state index >= 15 is 0 Å². The Morgan fingerprint density at radius 2 is 1.82 bits per heavy atom. The Hall–Kier alpha value is -2.05. The number of carbonyl (C=O) groups is 1. The molecule has 1 unspecified atom stereocenters. The number of hydrogen-bond donors (Lipinski definition) is 0. The van der Waals surface area contributed by atoms with Crippen LogP contribution in [0.5, 0.6) is 5.75 Å². The van der Waals surface area contributed by atoms with Crippen LogP contribution in [0.4, 0.5) is 0 Å². The highest BCUT2D eigenvalue weighted by Crippen LogP contribution is 2.24. The summed E-state index contributed by atoms with van der Waals surface area (Å²) in [5.41, 5.74) is 2.18. The zero-order valence-corrected chi connectivity index (χ0v) is 17.4. The molecule has 1 heterocycles. The van der Waals surface area contributed by atoms with Crippen molar-refractivity contribution < 1.29 is 17.9 Å². The fourth-order valence-corrected chi connectivity index (χ4v) is 5.22. The third kappa shape index (κ3) is 5.26. The number of ether oxygens (including phenoxy) is 1. The second-order valence-electron chi connectivity index (χ2n) is 6.97. The Kier molecular flexibility index (Phi) is 6.62. The monoisotopic (exact) mass is 421 g/mol. The van der Waals surface area contributed by atoms with Crippen molar-refractivity contribution in [3.05, 3.63) is 64.7 Å². The molecule has 1 fully saturated rings. The predicted octanol–water partition coefficient (Wildman–Crippen LogP) is 3.50. The van der Waals surface area contributed by atoms with Crippen molar-refractivity contribution in [1.29, 1.82) is 0 Å². The smallest absolute Gasteiger partial charge is 0.261 e. The fourth-order valence-electron chi connectivity index (χ4n) is 3.30. The first kappa shape index (κ1) is 20.7. The molecule has 0 saturated carbocycles. The number of nitrogens with zero attached hydrogens (tertiary/aromatic N) is 1. The van der Waals surface area contributed by atoms with Crippen LogP contribution < -0.4 is 4.74 Å². The molecule has 2 aromatic carbocycles. The van der Waals surface area contributed by atoms with E-state index in [1.54, 1.807) is 29.2 Å². The number of carbonyl (C=O) groups excluding carboxylic acids is 1. The summed E-state index contributed by atoms with van der Waals surface area (Å²) in [6.45, 7) is 2.25. The highest BCUT2D eigenvalue weighted by molar-refractivity contribution is 7.91. The van der Waals surface area contributed by atoms with E-state index in [0.717, 1.165) is 12.0 Å². The van der Waals surface area contributed by atoms with Gasteiger partial charge in [-0.15, -0.1) is 0 Å². The molecule has 0 bridgehead atoms. The van der Waals surface area contributed by atoms with E-state index < -0.39 is 9.84 Å². The molecule has 5 nitrogen and oxygen atoms in total. The largest absolute Gasteiger partial charge is 0.482 e. The number of hydrogen-bond acceptors (Lipinski definition) is 4. The minimum absolute atomic E-state index is 0.00211. The molecule has 3 rings (SSSR count). The maximum atomic E-state index is 12.9. The Balaban J connectivity index is 1.74. The quantitative estimate of drug-likeness (QED) is 0.686. The second kappa shape index (κ2) is 8.97. The lowest BCUT2D eigenvalue weighted by Gasteiger charge is -2.28. The maximum Gasteiger partial charge on any atom is 0.261 e. The number of benzene rings is 2. The number of para-hydroxylation sites is 1. The number of rotatable bonds is 7. The molecule has 1 aliphatic heterocycles. The van der Waals surface area contributed by atoms with Crippen molar-refractivity contribution in [2.24, 2.45) is 0 Å². The van der Waals surface area contributed by atoms with Gasteiger partial charge in [-0.25, -0.2) is 8.42 Å². The van der Waals surface area contributed by atoms with Gasteiger partial charge in [0, 0.05) is 12.6 Å². The van der Waals surface area contributed by atoms with Gasteiger partial charge in [0.25, 0.3) is 5.91 Å². The summed E-state index contributed by atoms with van der Waals surface area (Å²) in [5.74, 6) is 0.296. The summed E-state index contributed by atoms with van der Waals surface area (Å²) in [6, 6.07) is 14.6. The van der Waals surface area contributed by atoms with Crippen LogP contribution in [-0.4, -0.2) is 43.4 Å². The molecule has 0 aromatic heterocycles. The molecule has 1 amide bonds. The van der Waals surface area contributed by atoms with Crippen LogP contribution in [0.3, 0.4) is 0 Å². The molecule has 1 atom stereocenters. The summed E-state index contributed by atoms with van der Waals surface area (Å²) in [6.07, 6.45) is 1.39. The van der Waals surface area contributed by atoms with Crippen molar-refractivity contribution in [1.82, 2.24) is 4.90 Å². The fraction of sp³-hybridized carbons (Fsp3) is 0.381. The summed E-state index contributed by atoms with van der Waals surface area (Å²) in [5, 5.41) is 0.431. The highest BCUT2D eigenvalue weighted by Gasteiger charge is 2.34. The molecule has 1 saturated heterocycles. The number of amides is 1. The van der Waals surface area contributed by atoms with Gasteiger partial charge in [0.1, 0.15) is 5.75 Å². The molecule has 28 heavy (non-hydrogen) atoms. The number of sulfone groups is 1. The van der Waals surface area contributed by atoms with Crippen LogP contribution in [0.15, 0.2) is 48.5 Å². The van der Waals surface area contributed by atoms with E-state index in [2.05, 4.69) is 6.92 Å². The van der Waals surface area contributed by atoms with Crippen molar-refractivity contribution in [2.75, 3.05) is 18.1 Å². The minimum atomic E-state index is -3.11. The van der Waals surface area contributed by atoms with Gasteiger partial charge in [-0.2, -0.15) is 0 Å². The highest BCUT2D eigenvalue weighted by atomic mass is 35.5. The Bertz CT molecular complexity index is 928. The molecular formula is C21H24ClNO4S. The first-order valence-corrected chi connectivity index (χ1v) is 11.5. The van der Waals surface area contributed by atoms with Crippen molar-refractivity contribution in [3.8, 4) is 5.75 Å². The third-order valence-corrected chi connectivity index (χ3v) is 7.00. The lowest BCUT2D eigenvalue weighted by Crippen LogP contribution is -2.43. The first-order valence-electron chi connectivity index (χ1n) is 9.33. The van der Waals surface area contributed by atoms with Gasteiger partial charge in [-0.3, -0.25) is 4.79 Å². The standard InChI is InChI=1S/C21H24ClNO4S/c1-2-16-7-9-17(10-8-16)13-23(18-11-12-28(25,26)15-18)21(24)14-27-20-6-4-3-5-19(20)22/h3-10,18H,2,11-15H2,1H3. The number of halogens is 1. The van der Waals surface area contributed by atoms with Gasteiger partial charge >= 0.3 is 0 Å². The topological polar surface area (TPSA) is 63.7 Å². The third-order valence-electron chi connectivity index (χ3n) is 4.94. The van der Waals surface area contributed by atoms with E-state index in [4.69, 9.17) is 16.3 Å². The maximum absolute atomic E-state index is 12.9. The SMILES string of the molecule is CCc1ccc(CN(C(=O)COc2ccccc2Cl)C2CCS(=O)(=O)C2)cc1. The van der Waals surface area contributed by atoms with Crippen LogP contribution >= 0.6 is 11.6 Å². The summed E-state index contributed by atoms with van der Waals surface area (Å²) in [7, 11) is -3.11. The number of aryl methyl sites for hydroxylation is 1. The van der Waals surface area contributed by atoms with Crippen molar-refractivity contribution in [3.63, 3.8) is 0 Å². The normalized spacial score (nSPS) is 18.0. The summed E-state index contributed by atoms with van der Waals surface area (Å²) >= 11 is 6.08. The molecular weight excluding hydrogens is 398 g/mol. The Morgan fingerprint density at radius 1 is 1.14 bits per heavy atom. The van der Waals surface area contributed by atoms with Gasteiger partial charge < -0.3 is 9.64 Å². The van der Waals surface area contributed by atoms with E-state index in [0.29, 0.717) is 23.7 Å². The van der Waals surface area contributed by atoms with Gasteiger partial charge in [0.2, 0.25) is 0 Å². The van der Waals surface area contributed by atoms with Crippen LogP contribution in [0.1, 0.15) is 24.5 Å². The molecule has 0 radical (unpaired) electrons.